The van der Waals surface area contributed by atoms with Crippen LogP contribution in [0.5, 0.6) is 5.75 Å². The maximum atomic E-state index is 10.6. The van der Waals surface area contributed by atoms with Crippen LogP contribution in [0.2, 0.25) is 0 Å². The maximum Gasteiger partial charge on any atom is 0.121 e. The van der Waals surface area contributed by atoms with E-state index in [-0.39, 0.29) is 6.04 Å². The highest BCUT2D eigenvalue weighted by Crippen LogP contribution is 2.42. The molecule has 0 amide bonds. The van der Waals surface area contributed by atoms with E-state index in [2.05, 4.69) is 46.4 Å². The first-order chi connectivity index (χ1) is 11.8. The van der Waals surface area contributed by atoms with Crippen molar-refractivity contribution in [3.63, 3.8) is 0 Å². The number of fused-ring (bicyclic) bond motifs is 4. The fraction of sp³-hybridized carbons (Fsp3) is 0.0476. The fourth-order valence-electron chi connectivity index (χ4n) is 3.69. The summed E-state index contributed by atoms with van der Waals surface area (Å²) in [5.41, 5.74) is 4.25. The molecule has 2 heterocycles. The maximum absolute atomic E-state index is 10.6. The van der Waals surface area contributed by atoms with Gasteiger partial charge in [0.2, 0.25) is 0 Å². The number of aromatic hydroxyl groups is 1. The smallest absolute Gasteiger partial charge is 0.121 e. The van der Waals surface area contributed by atoms with Crippen molar-refractivity contribution in [2.45, 2.75) is 6.04 Å². The number of phenolic OH excluding ortho intramolecular Hbond substituents is 1. The van der Waals surface area contributed by atoms with Crippen LogP contribution in [0, 0.1) is 0 Å². The second-order valence-electron chi connectivity index (χ2n) is 6.12. The molecule has 4 aromatic rings. The Bertz CT molecular complexity index is 1060. The van der Waals surface area contributed by atoms with Gasteiger partial charge in [0.15, 0.2) is 0 Å². The summed E-state index contributed by atoms with van der Waals surface area (Å²) in [6.07, 6.45) is 2.07. The predicted octanol–water partition coefficient (Wildman–Crippen LogP) is 4.85. The van der Waals surface area contributed by atoms with Gasteiger partial charge in [-0.25, -0.2) is 0 Å². The average molecular weight is 312 g/mol. The first-order valence-corrected chi connectivity index (χ1v) is 8.07. The molecule has 3 aromatic carbocycles. The van der Waals surface area contributed by atoms with Gasteiger partial charge in [-0.3, -0.25) is 0 Å². The number of benzene rings is 3. The third-order valence-electron chi connectivity index (χ3n) is 4.78. The number of hydrogen-bond donors (Lipinski definition) is 2. The minimum Gasteiger partial charge on any atom is -0.508 e. The minimum absolute atomic E-state index is 0.0963. The lowest BCUT2D eigenvalue weighted by atomic mass is 9.94. The van der Waals surface area contributed by atoms with E-state index in [9.17, 15) is 5.11 Å². The van der Waals surface area contributed by atoms with Crippen molar-refractivity contribution in [2.24, 2.45) is 0 Å². The highest BCUT2D eigenvalue weighted by Gasteiger charge is 2.28. The Kier molecular flexibility index (Phi) is 2.71. The van der Waals surface area contributed by atoms with Crippen LogP contribution in [0.3, 0.4) is 0 Å². The molecule has 0 saturated carbocycles. The van der Waals surface area contributed by atoms with Gasteiger partial charge in [-0.15, -0.1) is 0 Å². The molecule has 0 bridgehead atoms. The van der Waals surface area contributed by atoms with E-state index < -0.39 is 0 Å². The first-order valence-electron chi connectivity index (χ1n) is 8.07. The summed E-state index contributed by atoms with van der Waals surface area (Å²) in [7, 11) is 0. The van der Waals surface area contributed by atoms with Crippen LogP contribution in [-0.2, 0) is 0 Å². The third-order valence-corrected chi connectivity index (χ3v) is 4.78. The Hall–Kier alpha value is -3.20. The van der Waals surface area contributed by atoms with Crippen molar-refractivity contribution in [3.8, 4) is 11.4 Å². The molecule has 1 unspecified atom stereocenters. The lowest BCUT2D eigenvalue weighted by molar-refractivity contribution is 0.467. The molecular formula is C21H16N2O. The Morgan fingerprint density at radius 1 is 0.833 bits per heavy atom. The van der Waals surface area contributed by atoms with E-state index in [1.54, 1.807) is 6.07 Å². The SMILES string of the molecule is Oc1ccc2ccccc2c1C1Nc2ccccc2-n2cccc21. The summed E-state index contributed by atoms with van der Waals surface area (Å²) >= 11 is 0. The molecule has 3 nitrogen and oxygen atoms in total. The molecular weight excluding hydrogens is 296 g/mol. The molecule has 24 heavy (non-hydrogen) atoms. The van der Waals surface area contributed by atoms with Crippen molar-refractivity contribution in [1.82, 2.24) is 4.57 Å². The second kappa shape index (κ2) is 4.90. The topological polar surface area (TPSA) is 37.2 Å². The van der Waals surface area contributed by atoms with Crippen molar-refractivity contribution in [1.29, 1.82) is 0 Å². The lowest BCUT2D eigenvalue weighted by Crippen LogP contribution is -2.22. The van der Waals surface area contributed by atoms with Gasteiger partial charge in [-0.05, 0) is 41.1 Å². The summed E-state index contributed by atoms with van der Waals surface area (Å²) in [5.74, 6) is 0.318. The number of anilines is 1. The number of phenols is 1. The van der Waals surface area contributed by atoms with Gasteiger partial charge in [0.25, 0.3) is 0 Å². The van der Waals surface area contributed by atoms with Gasteiger partial charge in [0, 0.05) is 17.5 Å². The van der Waals surface area contributed by atoms with E-state index in [0.717, 1.165) is 33.4 Å². The number of nitrogens with zero attached hydrogens (tertiary/aromatic N) is 1. The quantitative estimate of drug-likeness (QED) is 0.527. The highest BCUT2D eigenvalue weighted by atomic mass is 16.3. The summed E-state index contributed by atoms with van der Waals surface area (Å²) in [4.78, 5) is 0. The Morgan fingerprint density at radius 3 is 2.62 bits per heavy atom. The fourth-order valence-corrected chi connectivity index (χ4v) is 3.69. The number of para-hydroxylation sites is 2. The van der Waals surface area contributed by atoms with Gasteiger partial charge >= 0.3 is 0 Å². The van der Waals surface area contributed by atoms with Crippen LogP contribution in [0.15, 0.2) is 79.0 Å². The Labute approximate surface area is 139 Å². The summed E-state index contributed by atoms with van der Waals surface area (Å²) in [6, 6.07) is 24.2. The zero-order valence-electron chi connectivity index (χ0n) is 13.0. The molecule has 0 spiro atoms. The van der Waals surface area contributed by atoms with Crippen LogP contribution >= 0.6 is 0 Å². The monoisotopic (exact) mass is 312 g/mol. The number of rotatable bonds is 1. The van der Waals surface area contributed by atoms with E-state index >= 15 is 0 Å². The molecule has 0 fully saturated rings. The van der Waals surface area contributed by atoms with Gasteiger partial charge < -0.3 is 15.0 Å². The number of nitrogens with one attached hydrogen (secondary N) is 1. The van der Waals surface area contributed by atoms with Crippen molar-refractivity contribution in [2.75, 3.05) is 5.32 Å². The van der Waals surface area contributed by atoms with Gasteiger partial charge in [0.05, 0.1) is 17.4 Å². The molecule has 1 aliphatic heterocycles. The van der Waals surface area contributed by atoms with Crippen molar-refractivity contribution < 1.29 is 5.11 Å². The van der Waals surface area contributed by atoms with Crippen LogP contribution in [0.25, 0.3) is 16.5 Å². The van der Waals surface area contributed by atoms with Crippen LogP contribution < -0.4 is 5.32 Å². The van der Waals surface area contributed by atoms with Gasteiger partial charge in [0.1, 0.15) is 5.75 Å². The predicted molar refractivity (Wildman–Crippen MR) is 96.8 cm³/mol. The molecule has 1 aliphatic rings. The van der Waals surface area contributed by atoms with Crippen molar-refractivity contribution in [3.05, 3.63) is 90.3 Å². The lowest BCUT2D eigenvalue weighted by Gasteiger charge is -2.30. The summed E-state index contributed by atoms with van der Waals surface area (Å²) in [5, 5.41) is 16.4. The van der Waals surface area contributed by atoms with Crippen molar-refractivity contribution >= 4 is 16.5 Å². The summed E-state index contributed by atoms with van der Waals surface area (Å²) in [6.45, 7) is 0. The van der Waals surface area contributed by atoms with Gasteiger partial charge in [-0.1, -0.05) is 42.5 Å². The molecule has 3 heteroatoms. The molecule has 5 rings (SSSR count). The molecule has 1 atom stereocenters. The number of aromatic nitrogens is 1. The molecule has 0 saturated heterocycles. The molecule has 0 radical (unpaired) electrons. The zero-order valence-corrected chi connectivity index (χ0v) is 13.0. The Balaban J connectivity index is 1.79. The molecule has 116 valence electrons. The first kappa shape index (κ1) is 13.3. The highest BCUT2D eigenvalue weighted by molar-refractivity contribution is 5.89. The largest absolute Gasteiger partial charge is 0.508 e. The van der Waals surface area contributed by atoms with Gasteiger partial charge in [-0.2, -0.15) is 0 Å². The molecule has 1 aromatic heterocycles. The third kappa shape index (κ3) is 1.78. The van der Waals surface area contributed by atoms with E-state index in [1.165, 1.54) is 0 Å². The minimum atomic E-state index is -0.0963. The van der Waals surface area contributed by atoms with Crippen LogP contribution in [0.1, 0.15) is 17.3 Å². The van der Waals surface area contributed by atoms with E-state index in [1.807, 2.05) is 36.4 Å². The molecule has 2 N–H and O–H groups in total. The zero-order chi connectivity index (χ0) is 16.1. The summed E-state index contributed by atoms with van der Waals surface area (Å²) < 4.78 is 2.19. The van der Waals surface area contributed by atoms with E-state index in [4.69, 9.17) is 0 Å². The normalized spacial score (nSPS) is 15.6. The number of hydrogen-bond acceptors (Lipinski definition) is 2. The van der Waals surface area contributed by atoms with Crippen LogP contribution in [-0.4, -0.2) is 9.67 Å². The average Bonchev–Trinajstić information content (AvgIpc) is 3.11. The Morgan fingerprint density at radius 2 is 1.67 bits per heavy atom. The standard InChI is InChI=1S/C21H16N2O/c24-19-12-11-14-6-1-2-7-15(14)20(19)21-18-10-5-13-23(18)17-9-4-3-8-16(17)22-21/h1-13,21-22,24H. The second-order valence-corrected chi connectivity index (χ2v) is 6.12. The molecule has 0 aliphatic carbocycles. The van der Waals surface area contributed by atoms with Crippen LogP contribution in [0.4, 0.5) is 5.69 Å². The van der Waals surface area contributed by atoms with E-state index in [0.29, 0.717) is 5.75 Å².